The highest BCUT2D eigenvalue weighted by atomic mass is 79.9. The Morgan fingerprint density at radius 2 is 1.90 bits per heavy atom. The van der Waals surface area contributed by atoms with Crippen LogP contribution < -0.4 is 19.9 Å². The predicted molar refractivity (Wildman–Crippen MR) is 121 cm³/mol. The fourth-order valence-corrected chi connectivity index (χ4v) is 3.71. The van der Waals surface area contributed by atoms with Crippen LogP contribution in [0.4, 0.5) is 5.69 Å². The number of carbonyl (C=O) groups excluding carboxylic acids is 2. The van der Waals surface area contributed by atoms with Gasteiger partial charge in [0, 0.05) is 4.47 Å². The second-order valence-corrected chi connectivity index (χ2v) is 8.01. The molecule has 8 nitrogen and oxygen atoms in total. The van der Waals surface area contributed by atoms with E-state index < -0.39 is 23.9 Å². The van der Waals surface area contributed by atoms with E-state index in [2.05, 4.69) is 37.3 Å². The number of carboxylic acid groups (broad SMARTS) is 1. The van der Waals surface area contributed by atoms with E-state index in [0.717, 1.165) is 0 Å². The first-order chi connectivity index (χ1) is 14.7. The lowest BCUT2D eigenvalue weighted by Gasteiger charge is -2.18. The molecule has 2 aromatic carbocycles. The van der Waals surface area contributed by atoms with Gasteiger partial charge in [-0.3, -0.25) is 15.0 Å². The van der Waals surface area contributed by atoms with Crippen molar-refractivity contribution in [1.82, 2.24) is 5.43 Å². The van der Waals surface area contributed by atoms with Gasteiger partial charge >= 0.3 is 5.97 Å². The number of para-hydroxylation sites is 1. The Morgan fingerprint density at radius 1 is 1.23 bits per heavy atom. The van der Waals surface area contributed by atoms with Gasteiger partial charge in [0.1, 0.15) is 5.57 Å². The Hall–Kier alpha value is -2.85. The Bertz CT molecular complexity index is 1070. The molecule has 3 rings (SSSR count). The van der Waals surface area contributed by atoms with E-state index in [4.69, 9.17) is 14.6 Å². The van der Waals surface area contributed by atoms with Crippen molar-refractivity contribution < 1.29 is 29.0 Å². The zero-order valence-corrected chi connectivity index (χ0v) is 19.7. The van der Waals surface area contributed by atoms with Crippen molar-refractivity contribution in [3.8, 4) is 11.5 Å². The first-order valence-electron chi connectivity index (χ1n) is 9.21. The molecule has 0 saturated carbocycles. The van der Waals surface area contributed by atoms with Gasteiger partial charge in [0.25, 0.3) is 11.8 Å². The zero-order chi connectivity index (χ0) is 22.7. The topological polar surface area (TPSA) is 105 Å². The van der Waals surface area contributed by atoms with Crippen LogP contribution in [-0.2, 0) is 14.4 Å². The minimum Gasteiger partial charge on any atom is -0.490 e. The van der Waals surface area contributed by atoms with Gasteiger partial charge < -0.3 is 14.6 Å². The molecule has 1 aliphatic rings. The lowest BCUT2D eigenvalue weighted by molar-refractivity contribution is -0.144. The zero-order valence-electron chi connectivity index (χ0n) is 16.5. The third-order valence-corrected chi connectivity index (χ3v) is 6.45. The molecule has 0 unspecified atom stereocenters. The van der Waals surface area contributed by atoms with Gasteiger partial charge in [-0.15, -0.1) is 0 Å². The molecule has 1 fully saturated rings. The minimum absolute atomic E-state index is 0.0635. The lowest BCUT2D eigenvalue weighted by Crippen LogP contribution is -2.35. The molecule has 1 heterocycles. The number of aliphatic carboxylic acids is 1. The van der Waals surface area contributed by atoms with Crippen molar-refractivity contribution in [3.63, 3.8) is 0 Å². The van der Waals surface area contributed by atoms with Crippen molar-refractivity contribution in [2.24, 2.45) is 0 Å². The van der Waals surface area contributed by atoms with Crippen LogP contribution in [0.5, 0.6) is 11.5 Å². The fraction of sp³-hybridized carbons (Fsp3) is 0.190. The normalized spacial score (nSPS) is 15.7. The first kappa shape index (κ1) is 22.8. The number of amides is 2. The lowest BCUT2D eigenvalue weighted by atomic mass is 10.1. The van der Waals surface area contributed by atoms with Crippen molar-refractivity contribution in [1.29, 1.82) is 0 Å². The summed E-state index contributed by atoms with van der Waals surface area (Å²) in [6.45, 7) is 3.46. The van der Waals surface area contributed by atoms with E-state index in [-0.39, 0.29) is 17.1 Å². The molecule has 2 aromatic rings. The van der Waals surface area contributed by atoms with Gasteiger partial charge in [-0.05, 0) is 75.5 Å². The molecular formula is C21H18Br2N2O6. The Kier molecular flexibility index (Phi) is 7.01. The highest BCUT2D eigenvalue weighted by Gasteiger charge is 2.35. The molecule has 31 heavy (non-hydrogen) atoms. The number of nitrogens with zero attached hydrogens (tertiary/aromatic N) is 1. The van der Waals surface area contributed by atoms with Crippen LogP contribution in [0.15, 0.2) is 50.9 Å². The van der Waals surface area contributed by atoms with E-state index in [0.29, 0.717) is 26.8 Å². The SMILES string of the molecule is CCOc1cc(/C=C2/C(=O)NN(c3ccccc3)C2=O)c(Br)c(Br)c1O[C@@H](C)C(=O)O. The van der Waals surface area contributed by atoms with Gasteiger partial charge in [0.2, 0.25) is 0 Å². The molecule has 0 radical (unpaired) electrons. The summed E-state index contributed by atoms with van der Waals surface area (Å²) in [7, 11) is 0. The molecular weight excluding hydrogens is 536 g/mol. The van der Waals surface area contributed by atoms with Gasteiger partial charge in [-0.25, -0.2) is 9.80 Å². The average Bonchev–Trinajstić information content (AvgIpc) is 3.03. The molecule has 1 saturated heterocycles. The largest absolute Gasteiger partial charge is 0.490 e. The second-order valence-electron chi connectivity index (χ2n) is 6.43. The Balaban J connectivity index is 2.02. The molecule has 2 amide bonds. The molecule has 10 heteroatoms. The van der Waals surface area contributed by atoms with E-state index in [9.17, 15) is 14.4 Å². The van der Waals surface area contributed by atoms with Crippen LogP contribution in [0.25, 0.3) is 6.08 Å². The van der Waals surface area contributed by atoms with Gasteiger partial charge in [-0.1, -0.05) is 18.2 Å². The summed E-state index contributed by atoms with van der Waals surface area (Å²) >= 11 is 6.81. The number of hydrogen-bond acceptors (Lipinski definition) is 5. The second kappa shape index (κ2) is 9.52. The third-order valence-electron chi connectivity index (χ3n) is 4.30. The summed E-state index contributed by atoms with van der Waals surface area (Å²) in [5.41, 5.74) is 3.48. The van der Waals surface area contributed by atoms with Crippen LogP contribution in [0.2, 0.25) is 0 Å². The van der Waals surface area contributed by atoms with Crippen molar-refractivity contribution in [2.75, 3.05) is 11.6 Å². The third kappa shape index (κ3) is 4.75. The summed E-state index contributed by atoms with van der Waals surface area (Å²) in [4.78, 5) is 36.5. The number of carboxylic acids is 1. The van der Waals surface area contributed by atoms with Crippen LogP contribution in [0.3, 0.4) is 0 Å². The molecule has 0 aliphatic carbocycles. The van der Waals surface area contributed by atoms with Gasteiger partial charge in [0.05, 0.1) is 16.8 Å². The van der Waals surface area contributed by atoms with E-state index in [1.54, 1.807) is 43.3 Å². The summed E-state index contributed by atoms with van der Waals surface area (Å²) in [5.74, 6) is -1.72. The average molecular weight is 554 g/mol. The highest BCUT2D eigenvalue weighted by molar-refractivity contribution is 9.13. The standard InChI is InChI=1S/C21H18Br2N2O6/c1-3-30-15-10-12(16(22)17(23)18(15)31-11(2)21(28)29)9-14-19(26)24-25(20(14)27)13-7-5-4-6-8-13/h4-11H,3H2,1-2H3,(H,24,26)(H,28,29)/b14-9-/t11-/m0/s1. The van der Waals surface area contributed by atoms with Crippen LogP contribution >= 0.6 is 31.9 Å². The maximum absolute atomic E-state index is 12.8. The van der Waals surface area contributed by atoms with Crippen molar-refractivity contribution in [3.05, 3.63) is 56.5 Å². The smallest absolute Gasteiger partial charge is 0.344 e. The number of halogens is 2. The number of benzene rings is 2. The fourth-order valence-electron chi connectivity index (χ4n) is 2.78. The number of hydrazine groups is 1. The molecule has 2 N–H and O–H groups in total. The summed E-state index contributed by atoms with van der Waals surface area (Å²) < 4.78 is 12.0. The monoisotopic (exact) mass is 552 g/mol. The first-order valence-corrected chi connectivity index (χ1v) is 10.8. The maximum Gasteiger partial charge on any atom is 0.344 e. The van der Waals surface area contributed by atoms with Crippen molar-refractivity contribution >= 4 is 61.4 Å². The van der Waals surface area contributed by atoms with Crippen LogP contribution in [-0.4, -0.2) is 35.6 Å². The van der Waals surface area contributed by atoms with Gasteiger partial charge in [0.15, 0.2) is 17.6 Å². The maximum atomic E-state index is 12.8. The number of carbonyl (C=O) groups is 3. The van der Waals surface area contributed by atoms with Crippen LogP contribution in [0.1, 0.15) is 19.4 Å². The Morgan fingerprint density at radius 3 is 2.52 bits per heavy atom. The van der Waals surface area contributed by atoms with E-state index in [1.807, 2.05) is 0 Å². The molecule has 162 valence electrons. The number of rotatable bonds is 7. The highest BCUT2D eigenvalue weighted by Crippen LogP contribution is 2.44. The molecule has 1 atom stereocenters. The number of ether oxygens (including phenoxy) is 2. The van der Waals surface area contributed by atoms with E-state index in [1.165, 1.54) is 18.0 Å². The van der Waals surface area contributed by atoms with E-state index >= 15 is 0 Å². The predicted octanol–water partition coefficient (Wildman–Crippen LogP) is 3.92. The molecule has 1 aliphatic heterocycles. The molecule has 0 bridgehead atoms. The van der Waals surface area contributed by atoms with Crippen molar-refractivity contribution in [2.45, 2.75) is 20.0 Å². The number of nitrogens with one attached hydrogen (secondary N) is 1. The number of anilines is 1. The summed E-state index contributed by atoms with van der Waals surface area (Å²) in [6.07, 6.45) is 0.316. The Labute approximate surface area is 195 Å². The molecule has 0 spiro atoms. The summed E-state index contributed by atoms with van der Waals surface area (Å²) in [6, 6.07) is 10.3. The summed E-state index contributed by atoms with van der Waals surface area (Å²) in [5, 5.41) is 10.3. The van der Waals surface area contributed by atoms with Crippen LogP contribution in [0, 0.1) is 0 Å². The quantitative estimate of drug-likeness (QED) is 0.398. The minimum atomic E-state index is -1.13. The number of hydrogen-bond donors (Lipinski definition) is 2. The van der Waals surface area contributed by atoms with Gasteiger partial charge in [-0.2, -0.15) is 0 Å². The molecule has 0 aromatic heterocycles.